The second-order valence-corrected chi connectivity index (χ2v) is 13.9. The highest BCUT2D eigenvalue weighted by molar-refractivity contribution is 5.85. The molecule has 6 nitrogen and oxygen atoms in total. The topological polar surface area (TPSA) is 70.8 Å². The molecule has 0 aliphatic carbocycles. The van der Waals surface area contributed by atoms with Crippen LogP contribution in [0.3, 0.4) is 0 Å². The van der Waals surface area contributed by atoms with Crippen molar-refractivity contribution in [1.29, 1.82) is 0 Å². The van der Waals surface area contributed by atoms with E-state index in [1.165, 1.54) is 44.3 Å². The fraction of sp³-hybridized carbons (Fsp3) is 0.571. The Morgan fingerprint density at radius 1 is 1.02 bits per heavy atom. The number of hydrogen-bond donors (Lipinski definition) is 2. The third-order valence-corrected chi connectivity index (χ3v) is 8.08. The molecule has 2 N–H and O–H groups in total. The molecule has 0 radical (unpaired) electrons. The molecular weight excluding hydrogens is 581 g/mol. The first-order chi connectivity index (χ1) is 19.4. The molecule has 1 unspecified atom stereocenters. The Kier molecular flexibility index (Phi) is 13.9. The van der Waals surface area contributed by atoms with Crippen LogP contribution in [0, 0.1) is 5.92 Å². The van der Waals surface area contributed by atoms with E-state index in [0.29, 0.717) is 24.7 Å². The van der Waals surface area contributed by atoms with Crippen LogP contribution in [0.2, 0.25) is 0 Å². The summed E-state index contributed by atoms with van der Waals surface area (Å²) in [6, 6.07) is 12.5. The summed E-state index contributed by atoms with van der Waals surface area (Å²) in [7, 11) is 2.21. The predicted molar refractivity (Wildman–Crippen MR) is 182 cm³/mol. The SMILES string of the molecule is CN(CCCC1CCCNC1)Cc1ccc(OCCc2coc(-c3cc(C(C)(C)C)c(O)c(C(C)(C)C)c3)n2)cc1.Cl.Cl. The van der Waals surface area contributed by atoms with Gasteiger partial charge in [-0.05, 0) is 98.9 Å². The van der Waals surface area contributed by atoms with Gasteiger partial charge in [-0.15, -0.1) is 24.8 Å². The number of nitrogens with one attached hydrogen (secondary N) is 1. The average Bonchev–Trinajstić information content (AvgIpc) is 3.38. The summed E-state index contributed by atoms with van der Waals surface area (Å²) in [5, 5.41) is 14.6. The van der Waals surface area contributed by atoms with Crippen molar-refractivity contribution in [2.24, 2.45) is 5.92 Å². The Balaban J connectivity index is 0.00000323. The number of piperidine rings is 1. The van der Waals surface area contributed by atoms with Crippen LogP contribution in [0.1, 0.15) is 89.6 Å². The van der Waals surface area contributed by atoms with E-state index in [1.54, 1.807) is 6.26 Å². The molecule has 1 fully saturated rings. The lowest BCUT2D eigenvalue weighted by molar-refractivity contribution is 0.287. The van der Waals surface area contributed by atoms with Crippen molar-refractivity contribution in [2.75, 3.05) is 33.3 Å². The number of nitrogens with zero attached hydrogens (tertiary/aromatic N) is 2. The number of phenols is 1. The quantitative estimate of drug-likeness (QED) is 0.221. The molecular formula is C35H53Cl2N3O3. The van der Waals surface area contributed by atoms with E-state index in [0.717, 1.165) is 47.1 Å². The smallest absolute Gasteiger partial charge is 0.226 e. The van der Waals surface area contributed by atoms with Crippen LogP contribution in [-0.4, -0.2) is 48.3 Å². The molecule has 2 aromatic carbocycles. The van der Waals surface area contributed by atoms with E-state index in [4.69, 9.17) is 14.1 Å². The minimum absolute atomic E-state index is 0. The Morgan fingerprint density at radius 3 is 2.26 bits per heavy atom. The lowest BCUT2D eigenvalue weighted by Gasteiger charge is -2.27. The van der Waals surface area contributed by atoms with Gasteiger partial charge in [0.1, 0.15) is 17.8 Å². The van der Waals surface area contributed by atoms with Crippen molar-refractivity contribution in [1.82, 2.24) is 15.2 Å². The van der Waals surface area contributed by atoms with Crippen LogP contribution >= 0.6 is 24.8 Å². The first kappa shape index (κ1) is 36.9. The van der Waals surface area contributed by atoms with Crippen molar-refractivity contribution >= 4 is 24.8 Å². The molecule has 1 saturated heterocycles. The zero-order valence-corrected chi connectivity index (χ0v) is 28.8. The van der Waals surface area contributed by atoms with Gasteiger partial charge in [-0.25, -0.2) is 4.98 Å². The highest BCUT2D eigenvalue weighted by atomic mass is 35.5. The highest BCUT2D eigenvalue weighted by Crippen LogP contribution is 2.41. The van der Waals surface area contributed by atoms with Gasteiger partial charge >= 0.3 is 0 Å². The zero-order chi connectivity index (χ0) is 29.6. The van der Waals surface area contributed by atoms with Crippen LogP contribution in [0.5, 0.6) is 11.5 Å². The zero-order valence-electron chi connectivity index (χ0n) is 27.2. The number of benzene rings is 2. The summed E-state index contributed by atoms with van der Waals surface area (Å²) in [4.78, 5) is 7.17. The average molecular weight is 635 g/mol. The Bertz CT molecular complexity index is 1220. The standard InChI is InChI=1S/C35H51N3O3.2ClH/c1-34(2,3)30-20-27(21-31(32(30)39)35(4,5)6)33-37-28(24-41-33)16-19-40-29-14-12-26(13-15-29)23-38(7)18-9-11-25-10-8-17-36-22-25;;/h12-15,20-21,24-25,36,39H,8-11,16-19,22-23H2,1-7H3;2*1H. The van der Waals surface area contributed by atoms with Crippen LogP contribution in [0.4, 0.5) is 0 Å². The molecule has 0 spiro atoms. The van der Waals surface area contributed by atoms with Gasteiger partial charge in [0.05, 0.1) is 12.3 Å². The minimum atomic E-state index is -0.208. The van der Waals surface area contributed by atoms with E-state index >= 15 is 0 Å². The summed E-state index contributed by atoms with van der Waals surface area (Å²) in [6.45, 7) is 17.7. The molecule has 0 amide bonds. The predicted octanol–water partition coefficient (Wildman–Crippen LogP) is 8.32. The van der Waals surface area contributed by atoms with Gasteiger partial charge in [-0.3, -0.25) is 0 Å². The largest absolute Gasteiger partial charge is 0.507 e. The Labute approximate surface area is 271 Å². The maximum Gasteiger partial charge on any atom is 0.226 e. The van der Waals surface area contributed by atoms with Gasteiger partial charge in [0.25, 0.3) is 0 Å². The van der Waals surface area contributed by atoms with E-state index in [1.807, 2.05) is 12.1 Å². The van der Waals surface area contributed by atoms with Gasteiger partial charge < -0.3 is 24.5 Å². The number of oxazole rings is 1. The maximum absolute atomic E-state index is 11.0. The third kappa shape index (κ3) is 10.7. The lowest BCUT2D eigenvalue weighted by Crippen LogP contribution is -2.30. The minimum Gasteiger partial charge on any atom is -0.507 e. The summed E-state index contributed by atoms with van der Waals surface area (Å²) < 4.78 is 11.9. The van der Waals surface area contributed by atoms with Gasteiger partial charge in [0.15, 0.2) is 0 Å². The maximum atomic E-state index is 11.0. The second kappa shape index (κ2) is 16.2. The number of phenolic OH excluding ortho intramolecular Hbond substituents is 1. The molecule has 0 saturated carbocycles. The summed E-state index contributed by atoms with van der Waals surface area (Å²) in [6.07, 6.45) is 7.65. The molecule has 240 valence electrons. The summed E-state index contributed by atoms with van der Waals surface area (Å²) >= 11 is 0. The van der Waals surface area contributed by atoms with Crippen molar-refractivity contribution in [3.8, 4) is 23.0 Å². The molecule has 8 heteroatoms. The number of aromatic hydroxyl groups is 1. The molecule has 43 heavy (non-hydrogen) atoms. The molecule has 2 heterocycles. The van der Waals surface area contributed by atoms with Gasteiger partial charge in [-0.1, -0.05) is 53.7 Å². The Hall–Kier alpha value is -2.25. The molecule has 1 aromatic heterocycles. The molecule has 1 aliphatic rings. The molecule has 3 aromatic rings. The fourth-order valence-corrected chi connectivity index (χ4v) is 5.63. The van der Waals surface area contributed by atoms with Crippen LogP contribution < -0.4 is 10.1 Å². The van der Waals surface area contributed by atoms with Gasteiger partial charge in [-0.2, -0.15) is 0 Å². The monoisotopic (exact) mass is 633 g/mol. The number of ether oxygens (including phenoxy) is 1. The first-order valence-electron chi connectivity index (χ1n) is 15.3. The van der Waals surface area contributed by atoms with E-state index in [-0.39, 0.29) is 35.6 Å². The van der Waals surface area contributed by atoms with Crippen LogP contribution in [0.15, 0.2) is 47.1 Å². The van der Waals surface area contributed by atoms with E-state index in [9.17, 15) is 5.11 Å². The molecule has 0 bridgehead atoms. The number of halogens is 2. The molecule has 1 atom stereocenters. The highest BCUT2D eigenvalue weighted by Gasteiger charge is 2.27. The second-order valence-electron chi connectivity index (χ2n) is 13.9. The van der Waals surface area contributed by atoms with Crippen molar-refractivity contribution in [3.05, 3.63) is 65.0 Å². The van der Waals surface area contributed by atoms with Crippen LogP contribution in [-0.2, 0) is 23.8 Å². The van der Waals surface area contributed by atoms with Crippen LogP contribution in [0.25, 0.3) is 11.5 Å². The van der Waals surface area contributed by atoms with Crippen molar-refractivity contribution < 1.29 is 14.3 Å². The normalized spacial score (nSPS) is 15.6. The summed E-state index contributed by atoms with van der Waals surface area (Å²) in [5.41, 5.74) is 4.42. The molecule has 4 rings (SSSR count). The number of hydrogen-bond acceptors (Lipinski definition) is 6. The fourth-order valence-electron chi connectivity index (χ4n) is 5.63. The molecule has 1 aliphatic heterocycles. The van der Waals surface area contributed by atoms with E-state index < -0.39 is 0 Å². The lowest BCUT2D eigenvalue weighted by atomic mass is 9.78. The van der Waals surface area contributed by atoms with Gasteiger partial charge in [0, 0.05) is 29.7 Å². The Morgan fingerprint density at radius 2 is 1.67 bits per heavy atom. The van der Waals surface area contributed by atoms with Crippen molar-refractivity contribution in [3.63, 3.8) is 0 Å². The summed E-state index contributed by atoms with van der Waals surface area (Å²) in [5.74, 6) is 2.65. The van der Waals surface area contributed by atoms with Crippen molar-refractivity contribution in [2.45, 2.75) is 91.0 Å². The third-order valence-electron chi connectivity index (χ3n) is 8.08. The number of rotatable bonds is 11. The number of aromatic nitrogens is 1. The first-order valence-corrected chi connectivity index (χ1v) is 15.3. The van der Waals surface area contributed by atoms with Gasteiger partial charge in [0.2, 0.25) is 5.89 Å². The van der Waals surface area contributed by atoms with E-state index in [2.05, 4.69) is 83.1 Å².